The number of aromatic nitrogens is 2. The van der Waals surface area contributed by atoms with Crippen LogP contribution < -0.4 is 5.73 Å². The smallest absolute Gasteiger partial charge is 0.371 e. The van der Waals surface area contributed by atoms with Gasteiger partial charge in [0.1, 0.15) is 5.69 Å². The van der Waals surface area contributed by atoms with Crippen molar-refractivity contribution in [1.29, 1.82) is 0 Å². The van der Waals surface area contributed by atoms with Crippen LogP contribution in [0.15, 0.2) is 42.2 Å². The highest BCUT2D eigenvalue weighted by Gasteiger charge is 2.12. The zero-order valence-electron chi connectivity index (χ0n) is 10.9. The highest BCUT2D eigenvalue weighted by Crippen LogP contribution is 2.11. The number of H-pyrrole nitrogens is 1. The Balaban J connectivity index is 2.11. The van der Waals surface area contributed by atoms with Gasteiger partial charge in [0.25, 0.3) is 0 Å². The molecule has 1 aromatic carbocycles. The Kier molecular flexibility index (Phi) is 4.03. The van der Waals surface area contributed by atoms with E-state index in [1.54, 1.807) is 12.1 Å². The fourth-order valence-electron chi connectivity index (χ4n) is 1.69. The minimum absolute atomic E-state index is 0.105. The fourth-order valence-corrected chi connectivity index (χ4v) is 1.69. The van der Waals surface area contributed by atoms with Crippen LogP contribution in [0.4, 0.5) is 5.69 Å². The number of allylic oxidation sites excluding steroid dienone is 1. The maximum atomic E-state index is 11.7. The maximum Gasteiger partial charge on any atom is 0.371 e. The number of benzene rings is 1. The van der Waals surface area contributed by atoms with Crippen molar-refractivity contribution in [2.75, 3.05) is 5.73 Å². The number of hydrogen-bond acceptors (Lipinski definition) is 5. The van der Waals surface area contributed by atoms with Crippen LogP contribution in [0.25, 0.3) is 0 Å². The van der Waals surface area contributed by atoms with E-state index in [4.69, 9.17) is 15.9 Å². The second-order valence-corrected chi connectivity index (χ2v) is 4.39. The summed E-state index contributed by atoms with van der Waals surface area (Å²) in [5, 5.41) is 24.0. The molecule has 1 heterocycles. The largest absolute Gasteiger partial charge is 0.502 e. The van der Waals surface area contributed by atoms with Gasteiger partial charge in [0.05, 0.1) is 5.69 Å². The molecule has 2 rings (SSSR count). The number of carbonyl (C=O) groups excluding carboxylic acids is 1. The van der Waals surface area contributed by atoms with Gasteiger partial charge in [-0.15, -0.1) is 0 Å². The third-order valence-electron chi connectivity index (χ3n) is 2.75. The Morgan fingerprint density at radius 3 is 2.52 bits per heavy atom. The molecule has 0 aliphatic carbocycles. The average Bonchev–Trinajstić information content (AvgIpc) is 2.90. The van der Waals surface area contributed by atoms with Gasteiger partial charge in [0.2, 0.25) is 11.5 Å². The molecule has 2 aromatic rings. The van der Waals surface area contributed by atoms with Crippen LogP contribution in [-0.4, -0.2) is 32.2 Å². The number of hydrogen-bond donors (Lipinski definition) is 4. The number of nitrogens with two attached hydrogens (primary N) is 1. The predicted molar refractivity (Wildman–Crippen MR) is 74.9 cm³/mol. The normalized spacial score (nSPS) is 11.3. The lowest BCUT2D eigenvalue weighted by Gasteiger charge is -1.98. The van der Waals surface area contributed by atoms with Crippen molar-refractivity contribution in [3.63, 3.8) is 0 Å². The Labute approximate surface area is 119 Å². The SMILES string of the molecule is Nc1ccc(Cc2cc(C(=O)C=C(O)C(=O)O)[nH]n2)cc1. The number of aromatic amines is 1. The summed E-state index contributed by atoms with van der Waals surface area (Å²) in [6.45, 7) is 0. The molecule has 0 fully saturated rings. The van der Waals surface area contributed by atoms with Gasteiger partial charge < -0.3 is 15.9 Å². The molecule has 0 aliphatic heterocycles. The summed E-state index contributed by atoms with van der Waals surface area (Å²) in [5.74, 6) is -3.24. The first-order valence-corrected chi connectivity index (χ1v) is 6.02. The van der Waals surface area contributed by atoms with E-state index >= 15 is 0 Å². The molecule has 0 aliphatic rings. The van der Waals surface area contributed by atoms with Gasteiger partial charge >= 0.3 is 5.97 Å². The summed E-state index contributed by atoms with van der Waals surface area (Å²) >= 11 is 0. The third-order valence-corrected chi connectivity index (χ3v) is 2.75. The predicted octanol–water partition coefficient (Wildman–Crippen LogP) is 1.29. The summed E-state index contributed by atoms with van der Waals surface area (Å²) in [6, 6.07) is 8.73. The molecule has 5 N–H and O–H groups in total. The molecular formula is C14H13N3O4. The standard InChI is InChI=1S/C14H13N3O4/c15-9-3-1-8(2-4-9)5-10-6-11(17-16-10)12(18)7-13(19)14(20)21/h1-4,6-7,19H,5,15H2,(H,16,17)(H,20,21). The fraction of sp³-hybridized carbons (Fsp3) is 0.0714. The van der Waals surface area contributed by atoms with E-state index in [1.807, 2.05) is 12.1 Å². The van der Waals surface area contributed by atoms with Crippen molar-refractivity contribution in [2.24, 2.45) is 0 Å². The van der Waals surface area contributed by atoms with Crippen LogP contribution in [0, 0.1) is 0 Å². The number of nitrogens with one attached hydrogen (secondary N) is 1. The molecule has 0 spiro atoms. The highest BCUT2D eigenvalue weighted by molar-refractivity contribution is 6.06. The van der Waals surface area contributed by atoms with E-state index in [0.29, 0.717) is 23.9 Å². The van der Waals surface area contributed by atoms with Gasteiger partial charge in [0.15, 0.2) is 0 Å². The summed E-state index contributed by atoms with van der Waals surface area (Å²) in [7, 11) is 0. The number of aliphatic hydroxyl groups is 1. The molecule has 0 radical (unpaired) electrons. The molecule has 0 atom stereocenters. The van der Waals surface area contributed by atoms with E-state index in [-0.39, 0.29) is 5.69 Å². The van der Waals surface area contributed by atoms with Crippen molar-refractivity contribution in [3.8, 4) is 0 Å². The summed E-state index contributed by atoms with van der Waals surface area (Å²) in [4.78, 5) is 22.1. The number of aliphatic hydroxyl groups excluding tert-OH is 1. The molecule has 108 valence electrons. The van der Waals surface area contributed by atoms with Crippen LogP contribution >= 0.6 is 0 Å². The monoisotopic (exact) mass is 287 g/mol. The number of rotatable bonds is 5. The molecule has 0 bridgehead atoms. The first-order chi connectivity index (χ1) is 9.95. The number of aliphatic carboxylic acids is 1. The maximum absolute atomic E-state index is 11.7. The van der Waals surface area contributed by atoms with Crippen molar-refractivity contribution in [3.05, 3.63) is 59.1 Å². The lowest BCUT2D eigenvalue weighted by molar-refractivity contribution is -0.135. The van der Waals surface area contributed by atoms with E-state index < -0.39 is 17.5 Å². The molecule has 7 heteroatoms. The number of carbonyl (C=O) groups is 2. The van der Waals surface area contributed by atoms with Gasteiger partial charge in [-0.05, 0) is 23.8 Å². The lowest BCUT2D eigenvalue weighted by Crippen LogP contribution is -2.04. The zero-order chi connectivity index (χ0) is 15.4. The Morgan fingerprint density at radius 2 is 1.90 bits per heavy atom. The molecule has 0 saturated carbocycles. The first kappa shape index (κ1) is 14.3. The van der Waals surface area contributed by atoms with Crippen LogP contribution in [0.2, 0.25) is 0 Å². The van der Waals surface area contributed by atoms with E-state index in [1.165, 1.54) is 6.07 Å². The number of ketones is 1. The zero-order valence-corrected chi connectivity index (χ0v) is 10.9. The highest BCUT2D eigenvalue weighted by atomic mass is 16.4. The molecule has 21 heavy (non-hydrogen) atoms. The number of nitrogens with zero attached hydrogens (tertiary/aromatic N) is 1. The topological polar surface area (TPSA) is 129 Å². The van der Waals surface area contributed by atoms with Crippen LogP contribution in [0.1, 0.15) is 21.7 Å². The minimum Gasteiger partial charge on any atom is -0.502 e. The van der Waals surface area contributed by atoms with Gasteiger partial charge in [0, 0.05) is 18.2 Å². The van der Waals surface area contributed by atoms with Crippen molar-refractivity contribution >= 4 is 17.4 Å². The van der Waals surface area contributed by atoms with Crippen molar-refractivity contribution in [1.82, 2.24) is 10.2 Å². The van der Waals surface area contributed by atoms with E-state index in [0.717, 1.165) is 5.56 Å². The van der Waals surface area contributed by atoms with Crippen LogP contribution in [0.3, 0.4) is 0 Å². The summed E-state index contributed by atoms with van der Waals surface area (Å²) in [5.41, 5.74) is 7.94. The Hall–Kier alpha value is -3.09. The molecule has 0 amide bonds. The van der Waals surface area contributed by atoms with Gasteiger partial charge in [-0.3, -0.25) is 9.89 Å². The molecular weight excluding hydrogens is 274 g/mol. The number of anilines is 1. The van der Waals surface area contributed by atoms with Gasteiger partial charge in [-0.25, -0.2) is 4.79 Å². The quantitative estimate of drug-likeness (QED) is 0.284. The van der Waals surface area contributed by atoms with Gasteiger partial charge in [-0.2, -0.15) is 5.10 Å². The van der Waals surface area contributed by atoms with Gasteiger partial charge in [-0.1, -0.05) is 12.1 Å². The average molecular weight is 287 g/mol. The second-order valence-electron chi connectivity index (χ2n) is 4.39. The van der Waals surface area contributed by atoms with Crippen molar-refractivity contribution < 1.29 is 19.8 Å². The number of carboxylic acid groups (broad SMARTS) is 1. The first-order valence-electron chi connectivity index (χ1n) is 6.02. The van der Waals surface area contributed by atoms with Crippen LogP contribution in [0.5, 0.6) is 0 Å². The molecule has 7 nitrogen and oxygen atoms in total. The Morgan fingerprint density at radius 1 is 1.24 bits per heavy atom. The second kappa shape index (κ2) is 5.91. The minimum atomic E-state index is -1.56. The van der Waals surface area contributed by atoms with E-state index in [2.05, 4.69) is 10.2 Å². The molecule has 0 saturated heterocycles. The Bertz CT molecular complexity index is 701. The summed E-state index contributed by atoms with van der Waals surface area (Å²) < 4.78 is 0. The molecule has 1 aromatic heterocycles. The summed E-state index contributed by atoms with van der Waals surface area (Å²) in [6.07, 6.45) is 1.13. The lowest BCUT2D eigenvalue weighted by atomic mass is 10.1. The third kappa shape index (κ3) is 3.69. The molecule has 0 unspecified atom stereocenters. The van der Waals surface area contributed by atoms with Crippen LogP contribution in [-0.2, 0) is 11.2 Å². The van der Waals surface area contributed by atoms with E-state index in [9.17, 15) is 9.59 Å². The number of nitrogen functional groups attached to an aromatic ring is 1. The van der Waals surface area contributed by atoms with Crippen molar-refractivity contribution in [2.45, 2.75) is 6.42 Å². The number of carboxylic acids is 1.